The van der Waals surface area contributed by atoms with Crippen LogP contribution < -0.4 is 16.0 Å². The summed E-state index contributed by atoms with van der Waals surface area (Å²) in [6.45, 7) is 4.47. The van der Waals surface area contributed by atoms with Crippen molar-refractivity contribution in [2.24, 2.45) is 5.73 Å². The Labute approximate surface area is 112 Å². The first kappa shape index (κ1) is 13.6. The van der Waals surface area contributed by atoms with Crippen molar-refractivity contribution >= 4 is 10.8 Å². The summed E-state index contributed by atoms with van der Waals surface area (Å²) in [4.78, 5) is 14.6. The molecule has 3 N–H and O–H groups in total. The molecule has 1 heterocycles. The zero-order chi connectivity index (χ0) is 13.9. The lowest BCUT2D eigenvalue weighted by molar-refractivity contribution is 0.201. The summed E-state index contributed by atoms with van der Waals surface area (Å²) in [6, 6.07) is 9.27. The summed E-state index contributed by atoms with van der Waals surface area (Å²) in [5.41, 5.74) is 5.70. The predicted octanol–water partition coefficient (Wildman–Crippen LogP) is 2.42. The molecule has 0 aliphatic heterocycles. The van der Waals surface area contributed by atoms with Gasteiger partial charge in [0.15, 0.2) is 5.88 Å². The fourth-order valence-electron chi connectivity index (χ4n) is 1.94. The third kappa shape index (κ3) is 2.96. The van der Waals surface area contributed by atoms with E-state index in [-0.39, 0.29) is 11.1 Å². The molecule has 4 nitrogen and oxygen atoms in total. The van der Waals surface area contributed by atoms with Gasteiger partial charge in [-0.15, -0.1) is 0 Å². The van der Waals surface area contributed by atoms with E-state index in [1.165, 1.54) is 0 Å². The molecular formula is C15H20N2O2. The number of aromatic amines is 1. The van der Waals surface area contributed by atoms with Crippen molar-refractivity contribution in [3.05, 3.63) is 40.7 Å². The molecule has 4 heteroatoms. The average molecular weight is 260 g/mol. The molecule has 0 spiro atoms. The largest absolute Gasteiger partial charge is 0.477 e. The summed E-state index contributed by atoms with van der Waals surface area (Å²) in [5, 5.41) is 1.54. The number of aromatic nitrogens is 1. The second-order valence-electron chi connectivity index (χ2n) is 4.91. The molecule has 0 radical (unpaired) electrons. The van der Waals surface area contributed by atoms with E-state index in [9.17, 15) is 4.79 Å². The predicted molar refractivity (Wildman–Crippen MR) is 77.6 cm³/mol. The number of H-pyrrole nitrogens is 1. The van der Waals surface area contributed by atoms with Crippen LogP contribution in [0.15, 0.2) is 35.1 Å². The van der Waals surface area contributed by atoms with Gasteiger partial charge in [0.05, 0.1) is 0 Å². The number of hydrogen-bond donors (Lipinski definition) is 2. The second-order valence-corrected chi connectivity index (χ2v) is 4.91. The number of nitrogens with two attached hydrogens (primary N) is 1. The summed E-state index contributed by atoms with van der Waals surface area (Å²) < 4.78 is 5.66. The van der Waals surface area contributed by atoms with Gasteiger partial charge < -0.3 is 10.5 Å². The van der Waals surface area contributed by atoms with E-state index in [2.05, 4.69) is 4.98 Å². The molecule has 0 atom stereocenters. The zero-order valence-corrected chi connectivity index (χ0v) is 11.4. The minimum Gasteiger partial charge on any atom is -0.477 e. The van der Waals surface area contributed by atoms with Gasteiger partial charge in [-0.25, -0.2) is 0 Å². The summed E-state index contributed by atoms with van der Waals surface area (Å²) in [5.74, 6) is 0.473. The van der Waals surface area contributed by atoms with Gasteiger partial charge >= 0.3 is 0 Å². The van der Waals surface area contributed by atoms with Crippen molar-refractivity contribution in [2.45, 2.75) is 32.2 Å². The smallest absolute Gasteiger partial charge is 0.258 e. The van der Waals surface area contributed by atoms with Crippen molar-refractivity contribution in [3.8, 4) is 5.88 Å². The molecule has 102 valence electrons. The highest BCUT2D eigenvalue weighted by molar-refractivity contribution is 5.82. The van der Waals surface area contributed by atoms with E-state index >= 15 is 0 Å². The van der Waals surface area contributed by atoms with Crippen LogP contribution in [-0.2, 0) is 0 Å². The lowest BCUT2D eigenvalue weighted by atomic mass is 9.96. The van der Waals surface area contributed by atoms with Crippen molar-refractivity contribution in [1.29, 1.82) is 0 Å². The van der Waals surface area contributed by atoms with E-state index in [0.29, 0.717) is 17.9 Å². The van der Waals surface area contributed by atoms with Crippen molar-refractivity contribution in [3.63, 3.8) is 0 Å². The second kappa shape index (κ2) is 5.45. The number of rotatable bonds is 5. The third-order valence-corrected chi connectivity index (χ3v) is 3.65. The molecule has 19 heavy (non-hydrogen) atoms. The highest BCUT2D eigenvalue weighted by atomic mass is 16.5. The average Bonchev–Trinajstić information content (AvgIpc) is 2.45. The molecule has 0 fully saturated rings. The van der Waals surface area contributed by atoms with Gasteiger partial charge in [-0.05, 0) is 24.3 Å². The molecular weight excluding hydrogens is 240 g/mol. The highest BCUT2D eigenvalue weighted by Crippen LogP contribution is 2.17. The Morgan fingerprint density at radius 1 is 1.26 bits per heavy atom. The minimum atomic E-state index is -0.345. The Balaban J connectivity index is 2.25. The molecule has 2 aromatic rings. The Hall–Kier alpha value is -1.81. The maximum atomic E-state index is 11.9. The highest BCUT2D eigenvalue weighted by Gasteiger charge is 2.21. The third-order valence-electron chi connectivity index (χ3n) is 3.65. The SMILES string of the molecule is CCC(N)(CC)COc1cc2ccccc2c(=O)[nH]1. The molecule has 0 bridgehead atoms. The van der Waals surface area contributed by atoms with E-state index in [1.807, 2.05) is 38.1 Å². The van der Waals surface area contributed by atoms with Crippen LogP contribution in [0.25, 0.3) is 10.8 Å². The first-order valence-electron chi connectivity index (χ1n) is 6.62. The molecule has 0 unspecified atom stereocenters. The van der Waals surface area contributed by atoms with Crippen LogP contribution in [0.2, 0.25) is 0 Å². The van der Waals surface area contributed by atoms with Gasteiger partial charge in [-0.1, -0.05) is 32.0 Å². The van der Waals surface area contributed by atoms with E-state index < -0.39 is 0 Å². The quantitative estimate of drug-likeness (QED) is 0.867. The first-order chi connectivity index (χ1) is 9.08. The Morgan fingerprint density at radius 2 is 1.95 bits per heavy atom. The van der Waals surface area contributed by atoms with Crippen LogP contribution in [0.4, 0.5) is 0 Å². The van der Waals surface area contributed by atoms with Gasteiger partial charge in [0.1, 0.15) is 6.61 Å². The minimum absolute atomic E-state index is 0.135. The standard InChI is InChI=1S/C15H20N2O2/c1-3-15(16,4-2)10-19-13-9-11-7-5-6-8-12(11)14(18)17-13/h5-9H,3-4,10,16H2,1-2H3,(H,17,18). The van der Waals surface area contributed by atoms with E-state index in [0.717, 1.165) is 18.2 Å². The van der Waals surface area contributed by atoms with Crippen LogP contribution in [0, 0.1) is 0 Å². The topological polar surface area (TPSA) is 68.1 Å². The van der Waals surface area contributed by atoms with E-state index in [4.69, 9.17) is 10.5 Å². The van der Waals surface area contributed by atoms with Gasteiger partial charge in [-0.2, -0.15) is 0 Å². The number of benzene rings is 1. The molecule has 2 rings (SSSR count). The number of nitrogens with one attached hydrogen (secondary N) is 1. The van der Waals surface area contributed by atoms with Crippen molar-refractivity contribution in [2.75, 3.05) is 6.61 Å². The maximum absolute atomic E-state index is 11.9. The molecule has 0 aliphatic rings. The first-order valence-corrected chi connectivity index (χ1v) is 6.62. The van der Waals surface area contributed by atoms with Crippen LogP contribution in [0.3, 0.4) is 0 Å². The fraction of sp³-hybridized carbons (Fsp3) is 0.400. The van der Waals surface area contributed by atoms with Crippen molar-refractivity contribution < 1.29 is 4.74 Å². The Kier molecular flexibility index (Phi) is 3.90. The maximum Gasteiger partial charge on any atom is 0.258 e. The Bertz CT molecular complexity index is 615. The van der Waals surface area contributed by atoms with Crippen LogP contribution in [0.1, 0.15) is 26.7 Å². The molecule has 1 aromatic carbocycles. The fourth-order valence-corrected chi connectivity index (χ4v) is 1.94. The molecule has 0 amide bonds. The number of ether oxygens (including phenoxy) is 1. The molecule has 0 saturated carbocycles. The van der Waals surface area contributed by atoms with Crippen molar-refractivity contribution in [1.82, 2.24) is 4.98 Å². The van der Waals surface area contributed by atoms with Gasteiger partial charge in [0, 0.05) is 17.0 Å². The van der Waals surface area contributed by atoms with Crippen LogP contribution in [-0.4, -0.2) is 17.1 Å². The Morgan fingerprint density at radius 3 is 2.63 bits per heavy atom. The number of hydrogen-bond acceptors (Lipinski definition) is 3. The van der Waals surface area contributed by atoms with Gasteiger partial charge in [0.2, 0.25) is 0 Å². The summed E-state index contributed by atoms with van der Waals surface area (Å²) in [6.07, 6.45) is 1.67. The normalized spacial score (nSPS) is 11.7. The molecule has 0 aliphatic carbocycles. The summed E-state index contributed by atoms with van der Waals surface area (Å²) >= 11 is 0. The van der Waals surface area contributed by atoms with E-state index in [1.54, 1.807) is 6.07 Å². The molecule has 0 saturated heterocycles. The lowest BCUT2D eigenvalue weighted by Gasteiger charge is -2.26. The number of pyridine rings is 1. The molecule has 1 aromatic heterocycles. The number of fused-ring (bicyclic) bond motifs is 1. The van der Waals surface area contributed by atoms with Crippen LogP contribution >= 0.6 is 0 Å². The monoisotopic (exact) mass is 260 g/mol. The van der Waals surface area contributed by atoms with Gasteiger partial charge in [-0.3, -0.25) is 9.78 Å². The lowest BCUT2D eigenvalue weighted by Crippen LogP contribution is -2.44. The van der Waals surface area contributed by atoms with Crippen LogP contribution in [0.5, 0.6) is 5.88 Å². The summed E-state index contributed by atoms with van der Waals surface area (Å²) in [7, 11) is 0. The van der Waals surface area contributed by atoms with Gasteiger partial charge in [0.25, 0.3) is 5.56 Å². The zero-order valence-electron chi connectivity index (χ0n) is 11.4.